The van der Waals surface area contributed by atoms with Crippen molar-refractivity contribution in [3.63, 3.8) is 0 Å². The van der Waals surface area contributed by atoms with E-state index in [0.29, 0.717) is 38.2 Å². The summed E-state index contributed by atoms with van der Waals surface area (Å²) in [6.07, 6.45) is 2.01. The van der Waals surface area contributed by atoms with E-state index in [9.17, 15) is 19.3 Å². The lowest BCUT2D eigenvalue weighted by Gasteiger charge is -2.49. The van der Waals surface area contributed by atoms with Crippen LogP contribution in [0.3, 0.4) is 0 Å². The molecule has 0 aliphatic carbocycles. The fourth-order valence-electron chi connectivity index (χ4n) is 7.90. The van der Waals surface area contributed by atoms with Crippen molar-refractivity contribution in [2.24, 2.45) is 5.92 Å². The van der Waals surface area contributed by atoms with E-state index in [-0.39, 0.29) is 84.6 Å². The molecule has 2 unspecified atom stereocenters. The summed E-state index contributed by atoms with van der Waals surface area (Å²) in [6, 6.07) is 6.67. The summed E-state index contributed by atoms with van der Waals surface area (Å²) in [5.74, 6) is -0.805. The number of benzene rings is 2. The van der Waals surface area contributed by atoms with Gasteiger partial charge in [0.2, 0.25) is 0 Å². The maximum Gasteiger partial charge on any atom is 0.319 e. The summed E-state index contributed by atoms with van der Waals surface area (Å²) < 4.78 is 59.0. The lowest BCUT2D eigenvalue weighted by atomic mass is 9.83. The molecule has 3 fully saturated rings. The number of anilines is 2. The Bertz CT molecular complexity index is 2030. The number of hydrogen-bond donors (Lipinski definition) is 1. The first kappa shape index (κ1) is 29.4. The second-order valence-electron chi connectivity index (χ2n) is 12.5. The van der Waals surface area contributed by atoms with Crippen LogP contribution >= 0.6 is 22.9 Å². The zero-order chi connectivity index (χ0) is 31.9. The quantitative estimate of drug-likeness (QED) is 0.260. The number of nitrogens with zero attached hydrogens (tertiary/aromatic N) is 6. The molecule has 46 heavy (non-hydrogen) atoms. The number of rotatable bonds is 5. The van der Waals surface area contributed by atoms with E-state index in [4.69, 9.17) is 31.8 Å². The monoisotopic (exact) mass is 665 g/mol. The van der Waals surface area contributed by atoms with Crippen LogP contribution in [0.4, 0.5) is 24.0 Å². The largest absolute Gasteiger partial charge is 0.491 e. The molecule has 6 heterocycles. The number of alkyl halides is 1. The van der Waals surface area contributed by atoms with E-state index in [1.165, 1.54) is 12.1 Å². The highest BCUT2D eigenvalue weighted by molar-refractivity contribution is 7.23. The molecule has 4 atom stereocenters. The van der Waals surface area contributed by atoms with Gasteiger partial charge in [0.25, 0.3) is 0 Å². The molecular weight excluding hydrogens is 639 g/mol. The molecule has 0 spiro atoms. The molecule has 4 aromatic rings. The number of thiophene rings is 1. The van der Waals surface area contributed by atoms with E-state index in [1.54, 1.807) is 0 Å². The predicted molar refractivity (Wildman–Crippen MR) is 168 cm³/mol. The van der Waals surface area contributed by atoms with Gasteiger partial charge in [-0.25, -0.2) is 13.2 Å². The third-order valence-corrected chi connectivity index (χ3v) is 11.4. The number of halogens is 4. The number of hydrogen-bond acceptors (Lipinski definition) is 10. The molecule has 0 bridgehead atoms. The Balaban J connectivity index is 1.34. The van der Waals surface area contributed by atoms with Gasteiger partial charge in [-0.3, -0.25) is 4.90 Å². The number of nitriles is 2. The van der Waals surface area contributed by atoms with Gasteiger partial charge in [0.1, 0.15) is 41.0 Å². The maximum absolute atomic E-state index is 17.1. The third kappa shape index (κ3) is 4.21. The number of aromatic nitrogens is 2. The number of ether oxygens (including phenoxy) is 2. The lowest BCUT2D eigenvalue weighted by molar-refractivity contribution is 0.107. The van der Waals surface area contributed by atoms with Crippen LogP contribution in [0.1, 0.15) is 37.7 Å². The molecule has 3 saturated heterocycles. The summed E-state index contributed by atoms with van der Waals surface area (Å²) in [6.45, 7) is 2.03. The van der Waals surface area contributed by atoms with Crippen molar-refractivity contribution in [2.75, 3.05) is 43.5 Å². The molecule has 236 valence electrons. The first-order valence-electron chi connectivity index (χ1n) is 15.2. The summed E-state index contributed by atoms with van der Waals surface area (Å²) >= 11 is 7.89. The van der Waals surface area contributed by atoms with Gasteiger partial charge in [0.15, 0.2) is 11.6 Å². The summed E-state index contributed by atoms with van der Waals surface area (Å²) in [7, 11) is 0. The van der Waals surface area contributed by atoms with Crippen molar-refractivity contribution in [2.45, 2.75) is 49.9 Å². The minimum absolute atomic E-state index is 0.0242. The average molecular weight is 666 g/mol. The van der Waals surface area contributed by atoms with Crippen molar-refractivity contribution >= 4 is 54.7 Å². The van der Waals surface area contributed by atoms with E-state index in [0.717, 1.165) is 30.7 Å². The number of nitrogens with two attached hydrogens (primary N) is 1. The van der Waals surface area contributed by atoms with Crippen LogP contribution in [-0.4, -0.2) is 65.5 Å². The van der Waals surface area contributed by atoms with Crippen molar-refractivity contribution in [3.05, 3.63) is 34.4 Å². The maximum atomic E-state index is 17.1. The first-order chi connectivity index (χ1) is 22.2. The summed E-state index contributed by atoms with van der Waals surface area (Å²) in [4.78, 5) is 13.4. The highest BCUT2D eigenvalue weighted by Crippen LogP contribution is 2.52. The Morgan fingerprint density at radius 3 is 2.87 bits per heavy atom. The number of nitrogen functional groups attached to an aromatic ring is 1. The highest BCUT2D eigenvalue weighted by Gasteiger charge is 2.50. The first-order valence-corrected chi connectivity index (χ1v) is 16.4. The highest BCUT2D eigenvalue weighted by atomic mass is 35.5. The fraction of sp³-hybridized carbons (Fsp3) is 0.438. The van der Waals surface area contributed by atoms with Crippen molar-refractivity contribution < 1.29 is 22.6 Å². The van der Waals surface area contributed by atoms with Crippen molar-refractivity contribution in [1.82, 2.24) is 14.9 Å². The van der Waals surface area contributed by atoms with E-state index >= 15 is 4.39 Å². The molecule has 2 N–H and O–H groups in total. The van der Waals surface area contributed by atoms with Crippen molar-refractivity contribution in [3.8, 4) is 35.0 Å². The van der Waals surface area contributed by atoms with Crippen LogP contribution in [0.15, 0.2) is 12.1 Å². The van der Waals surface area contributed by atoms with Gasteiger partial charge >= 0.3 is 6.01 Å². The third-order valence-electron chi connectivity index (χ3n) is 10.0. The molecule has 2 aromatic heterocycles. The van der Waals surface area contributed by atoms with Crippen LogP contribution in [0.2, 0.25) is 5.02 Å². The van der Waals surface area contributed by atoms with Gasteiger partial charge in [0.05, 0.1) is 38.9 Å². The Labute approximate surface area is 270 Å². The summed E-state index contributed by atoms with van der Waals surface area (Å²) in [5, 5.41) is 19.7. The standard InChI is InChI=1S/C32H27ClF3N7O2S/c33-24-22(17-2-3-19(35)28-21(17)18(11-38)29(39)46-28)25(36)26-23-27(24)44-9-5-20-15(4-7-37)12-43(20)30(23)41-31(40-26)45-14-32-6-1-8-42(32)13-16(34)10-32/h2-3,15-16,20H,1,4-6,8-10,12-14,39H2/t15?,16-,20?,32+/m1/s1. The van der Waals surface area contributed by atoms with Gasteiger partial charge in [-0.15, -0.1) is 11.3 Å². The van der Waals surface area contributed by atoms with Crippen LogP contribution in [0.25, 0.3) is 32.1 Å². The lowest BCUT2D eigenvalue weighted by Crippen LogP contribution is -2.57. The molecule has 0 radical (unpaired) electrons. The second-order valence-corrected chi connectivity index (χ2v) is 13.9. The smallest absolute Gasteiger partial charge is 0.319 e. The zero-order valence-corrected chi connectivity index (χ0v) is 26.0. The second kappa shape index (κ2) is 10.8. The predicted octanol–water partition coefficient (Wildman–Crippen LogP) is 6.35. The molecule has 4 aliphatic heterocycles. The van der Waals surface area contributed by atoms with Gasteiger partial charge in [-0.1, -0.05) is 17.7 Å². The van der Waals surface area contributed by atoms with Crippen molar-refractivity contribution in [1.29, 1.82) is 10.5 Å². The van der Waals surface area contributed by atoms with E-state index < -0.39 is 23.3 Å². The molecule has 4 aliphatic rings. The van der Waals surface area contributed by atoms with Crippen LogP contribution in [-0.2, 0) is 0 Å². The molecular formula is C32H27ClF3N7O2S. The Morgan fingerprint density at radius 2 is 2.07 bits per heavy atom. The normalized spacial score (nSPS) is 25.3. The SMILES string of the molecule is N#CCC1CN2c3nc(OC[C@@]45CCCN4C[C@H](F)C5)nc4c(F)c(-c5ccc(F)c6sc(N)c(C#N)c56)c(Cl)c(c34)OCCC12. The average Bonchev–Trinajstić information content (AvgIpc) is 3.67. The van der Waals surface area contributed by atoms with E-state index in [2.05, 4.69) is 16.0 Å². The van der Waals surface area contributed by atoms with Gasteiger partial charge in [-0.05, 0) is 31.0 Å². The Kier molecular flexibility index (Phi) is 6.87. The minimum Gasteiger partial charge on any atom is -0.491 e. The van der Waals surface area contributed by atoms with Gasteiger partial charge in [-0.2, -0.15) is 20.5 Å². The topological polar surface area (TPSA) is 124 Å². The number of fused-ring (bicyclic) bond motifs is 4. The molecule has 14 heteroatoms. The molecule has 0 saturated carbocycles. The molecule has 9 nitrogen and oxygen atoms in total. The fourth-order valence-corrected chi connectivity index (χ4v) is 9.18. The Hall–Kier alpha value is -4.04. The molecule has 2 aromatic carbocycles. The molecule has 8 rings (SSSR count). The summed E-state index contributed by atoms with van der Waals surface area (Å²) in [5.41, 5.74) is 5.56. The van der Waals surface area contributed by atoms with Crippen LogP contribution in [0, 0.1) is 40.2 Å². The molecule has 0 amide bonds. The van der Waals surface area contributed by atoms with Crippen LogP contribution < -0.4 is 20.1 Å². The van der Waals surface area contributed by atoms with E-state index in [1.807, 2.05) is 11.0 Å². The zero-order valence-electron chi connectivity index (χ0n) is 24.5. The Morgan fingerprint density at radius 1 is 1.22 bits per heavy atom. The van der Waals surface area contributed by atoms with Crippen LogP contribution in [0.5, 0.6) is 11.8 Å². The van der Waals surface area contributed by atoms with Gasteiger partial charge in [0, 0.05) is 55.3 Å². The minimum atomic E-state index is -0.951. The van der Waals surface area contributed by atoms with Gasteiger partial charge < -0.3 is 20.1 Å².